The molecule has 0 saturated carbocycles. The van der Waals surface area contributed by atoms with Gasteiger partial charge in [0.25, 0.3) is 5.91 Å². The number of rotatable bonds is 6. The topological polar surface area (TPSA) is 38.3 Å². The number of carbonyl (C=O) groups excluding carboxylic acids is 1. The molecule has 0 aliphatic heterocycles. The Morgan fingerprint density at radius 2 is 1.95 bits per heavy atom. The fourth-order valence-corrected chi connectivity index (χ4v) is 2.46. The van der Waals surface area contributed by atoms with Crippen molar-refractivity contribution in [1.82, 2.24) is 5.32 Å². The quantitative estimate of drug-likeness (QED) is 0.815. The summed E-state index contributed by atoms with van der Waals surface area (Å²) in [5.74, 6) is 0.823. The summed E-state index contributed by atoms with van der Waals surface area (Å²) in [4.78, 5) is 12.1. The van der Waals surface area contributed by atoms with Crippen LogP contribution in [0.5, 0.6) is 0 Å². The molecular formula is C15H23NO2S. The van der Waals surface area contributed by atoms with Crippen LogP contribution in [0.2, 0.25) is 0 Å². The van der Waals surface area contributed by atoms with E-state index in [0.717, 1.165) is 11.3 Å². The number of methoxy groups -OCH3 is 1. The fraction of sp³-hybridized carbons (Fsp3) is 0.533. The summed E-state index contributed by atoms with van der Waals surface area (Å²) in [6.07, 6.45) is -0.527. The number of hydrogen-bond donors (Lipinski definition) is 1. The molecule has 19 heavy (non-hydrogen) atoms. The van der Waals surface area contributed by atoms with Gasteiger partial charge in [-0.2, -0.15) is 11.8 Å². The van der Waals surface area contributed by atoms with Crippen LogP contribution in [0.3, 0.4) is 0 Å². The van der Waals surface area contributed by atoms with Crippen LogP contribution < -0.4 is 5.32 Å². The summed E-state index contributed by atoms with van der Waals surface area (Å²) in [7, 11) is 1.56. The molecular weight excluding hydrogens is 258 g/mol. The number of thioether (sulfide) groups is 1. The third-order valence-corrected chi connectivity index (χ3v) is 3.79. The van der Waals surface area contributed by atoms with Crippen molar-refractivity contribution in [2.24, 2.45) is 0 Å². The lowest BCUT2D eigenvalue weighted by molar-refractivity contribution is -0.131. The van der Waals surface area contributed by atoms with Crippen molar-refractivity contribution in [3.05, 3.63) is 35.9 Å². The minimum atomic E-state index is -0.527. The Kier molecular flexibility index (Phi) is 6.38. The van der Waals surface area contributed by atoms with Crippen LogP contribution in [0.25, 0.3) is 0 Å². The van der Waals surface area contributed by atoms with E-state index in [0.29, 0.717) is 6.54 Å². The van der Waals surface area contributed by atoms with Crippen molar-refractivity contribution >= 4 is 17.7 Å². The number of amides is 1. The van der Waals surface area contributed by atoms with Crippen LogP contribution in [0.4, 0.5) is 0 Å². The number of hydrogen-bond acceptors (Lipinski definition) is 3. The predicted octanol–water partition coefficient (Wildman–Crippen LogP) is 3.02. The summed E-state index contributed by atoms with van der Waals surface area (Å²) < 4.78 is 5.50. The Balaban J connectivity index is 2.43. The lowest BCUT2D eigenvalue weighted by Crippen LogP contribution is -2.32. The lowest BCUT2D eigenvalue weighted by atomic mass is 10.1. The summed E-state index contributed by atoms with van der Waals surface area (Å²) in [5.41, 5.74) is 0.881. The maximum absolute atomic E-state index is 12.1. The molecule has 3 nitrogen and oxygen atoms in total. The summed E-state index contributed by atoms with van der Waals surface area (Å²) in [5, 5.41) is 2.92. The maximum atomic E-state index is 12.1. The van der Waals surface area contributed by atoms with Crippen molar-refractivity contribution in [1.29, 1.82) is 0 Å². The van der Waals surface area contributed by atoms with Crippen LogP contribution in [-0.4, -0.2) is 30.1 Å². The van der Waals surface area contributed by atoms with Crippen molar-refractivity contribution < 1.29 is 9.53 Å². The van der Waals surface area contributed by atoms with Crippen molar-refractivity contribution in [2.45, 2.75) is 31.6 Å². The molecule has 0 fully saturated rings. The lowest BCUT2D eigenvalue weighted by Gasteiger charge is -2.19. The Hall–Kier alpha value is -1.00. The van der Waals surface area contributed by atoms with E-state index in [1.54, 1.807) is 7.11 Å². The first-order chi connectivity index (χ1) is 8.94. The summed E-state index contributed by atoms with van der Waals surface area (Å²) >= 11 is 1.84. The molecule has 1 atom stereocenters. The largest absolute Gasteiger partial charge is 0.367 e. The van der Waals surface area contributed by atoms with Crippen molar-refractivity contribution in [3.63, 3.8) is 0 Å². The van der Waals surface area contributed by atoms with Gasteiger partial charge in [-0.15, -0.1) is 0 Å². The third kappa shape index (κ3) is 6.12. The van der Waals surface area contributed by atoms with Gasteiger partial charge in [0.2, 0.25) is 0 Å². The van der Waals surface area contributed by atoms with Gasteiger partial charge >= 0.3 is 0 Å². The van der Waals surface area contributed by atoms with Gasteiger partial charge in [0.05, 0.1) is 0 Å². The average molecular weight is 281 g/mol. The highest BCUT2D eigenvalue weighted by atomic mass is 32.2. The molecule has 0 aromatic heterocycles. The van der Waals surface area contributed by atoms with E-state index in [2.05, 4.69) is 26.1 Å². The molecule has 0 aliphatic rings. The molecule has 1 N–H and O–H groups in total. The predicted molar refractivity (Wildman–Crippen MR) is 81.4 cm³/mol. The van der Waals surface area contributed by atoms with Crippen LogP contribution in [-0.2, 0) is 9.53 Å². The number of benzene rings is 1. The van der Waals surface area contributed by atoms with Crippen LogP contribution in [0.1, 0.15) is 32.4 Å². The Morgan fingerprint density at radius 3 is 2.47 bits per heavy atom. The number of carbonyl (C=O) groups is 1. The third-order valence-electron chi connectivity index (χ3n) is 2.51. The molecule has 0 bridgehead atoms. The normalized spacial score (nSPS) is 13.1. The first kappa shape index (κ1) is 16.1. The molecule has 4 heteroatoms. The van der Waals surface area contributed by atoms with E-state index in [9.17, 15) is 4.79 Å². The zero-order valence-corrected chi connectivity index (χ0v) is 12.9. The second-order valence-electron chi connectivity index (χ2n) is 5.28. The molecule has 0 spiro atoms. The monoisotopic (exact) mass is 281 g/mol. The zero-order valence-electron chi connectivity index (χ0n) is 12.1. The summed E-state index contributed by atoms with van der Waals surface area (Å²) in [6, 6.07) is 9.54. The minimum absolute atomic E-state index is 0.0804. The fourth-order valence-electron chi connectivity index (χ4n) is 1.65. The highest BCUT2D eigenvalue weighted by Gasteiger charge is 2.19. The molecule has 0 aliphatic carbocycles. The van der Waals surface area contributed by atoms with E-state index < -0.39 is 6.10 Å². The van der Waals surface area contributed by atoms with Gasteiger partial charge in [-0.05, 0) is 5.56 Å². The second-order valence-corrected chi connectivity index (χ2v) is 7.20. The van der Waals surface area contributed by atoms with E-state index >= 15 is 0 Å². The zero-order chi connectivity index (χ0) is 14.3. The highest BCUT2D eigenvalue weighted by Crippen LogP contribution is 2.22. The van der Waals surface area contributed by atoms with E-state index in [-0.39, 0.29) is 10.7 Å². The Bertz CT molecular complexity index is 387. The molecule has 0 saturated heterocycles. The molecule has 0 heterocycles. The molecule has 1 aromatic rings. The minimum Gasteiger partial charge on any atom is -0.367 e. The molecule has 106 valence electrons. The molecule has 0 unspecified atom stereocenters. The van der Waals surface area contributed by atoms with Crippen LogP contribution in [0.15, 0.2) is 30.3 Å². The van der Waals surface area contributed by atoms with E-state index in [4.69, 9.17) is 4.74 Å². The molecule has 1 aromatic carbocycles. The van der Waals surface area contributed by atoms with Crippen molar-refractivity contribution in [3.8, 4) is 0 Å². The second kappa shape index (κ2) is 7.56. The number of ether oxygens (including phenoxy) is 1. The standard InChI is InChI=1S/C15H23NO2S/c1-15(2,3)19-11-10-16-14(17)13(18-4)12-8-6-5-7-9-12/h5-9,13H,10-11H2,1-4H3,(H,16,17)/t13-/m1/s1. The maximum Gasteiger partial charge on any atom is 0.253 e. The molecule has 1 rings (SSSR count). The van der Waals surface area contributed by atoms with Gasteiger partial charge in [-0.3, -0.25) is 4.79 Å². The SMILES string of the molecule is CO[C@@H](C(=O)NCCSC(C)(C)C)c1ccccc1. The van der Waals surface area contributed by atoms with E-state index in [1.165, 1.54) is 0 Å². The van der Waals surface area contributed by atoms with Gasteiger partial charge < -0.3 is 10.1 Å². The Labute approximate surface area is 120 Å². The van der Waals surface area contributed by atoms with Crippen LogP contribution in [0, 0.1) is 0 Å². The molecule has 1 amide bonds. The van der Waals surface area contributed by atoms with Gasteiger partial charge in [-0.25, -0.2) is 0 Å². The van der Waals surface area contributed by atoms with E-state index in [1.807, 2.05) is 42.1 Å². The smallest absolute Gasteiger partial charge is 0.253 e. The highest BCUT2D eigenvalue weighted by molar-refractivity contribution is 8.00. The van der Waals surface area contributed by atoms with Crippen molar-refractivity contribution in [2.75, 3.05) is 19.4 Å². The first-order valence-electron chi connectivity index (χ1n) is 6.43. The van der Waals surface area contributed by atoms with Crippen LogP contribution >= 0.6 is 11.8 Å². The van der Waals surface area contributed by atoms with Gasteiger partial charge in [0, 0.05) is 24.2 Å². The number of nitrogens with one attached hydrogen (secondary N) is 1. The Morgan fingerprint density at radius 1 is 1.32 bits per heavy atom. The summed E-state index contributed by atoms with van der Waals surface area (Å²) in [6.45, 7) is 7.16. The van der Waals surface area contributed by atoms with Gasteiger partial charge in [-0.1, -0.05) is 51.1 Å². The first-order valence-corrected chi connectivity index (χ1v) is 7.42. The average Bonchev–Trinajstić information content (AvgIpc) is 2.36. The molecule has 0 radical (unpaired) electrons. The van der Waals surface area contributed by atoms with Gasteiger partial charge in [0.15, 0.2) is 6.10 Å². The van der Waals surface area contributed by atoms with Gasteiger partial charge in [0.1, 0.15) is 0 Å².